The standard InChI is InChI=1S/C8H12F6O2/c1-5(2)6(7(9,10)11,8(12,13)14)16-4-15-3/h5H,4H2,1-3H3. The van der Waals surface area contributed by atoms with E-state index in [1.165, 1.54) is 0 Å². The van der Waals surface area contributed by atoms with Gasteiger partial charge in [-0.3, -0.25) is 0 Å². The van der Waals surface area contributed by atoms with Gasteiger partial charge >= 0.3 is 12.4 Å². The van der Waals surface area contributed by atoms with Crippen LogP contribution in [0.5, 0.6) is 0 Å². The fraction of sp³-hybridized carbons (Fsp3) is 1.00. The molecular formula is C8H12F6O2. The summed E-state index contributed by atoms with van der Waals surface area (Å²) in [5.41, 5.74) is -4.20. The van der Waals surface area contributed by atoms with Crippen LogP contribution in [0.1, 0.15) is 13.8 Å². The van der Waals surface area contributed by atoms with Gasteiger partial charge in [0, 0.05) is 13.0 Å². The molecule has 0 fully saturated rings. The molecule has 0 heterocycles. The lowest BCUT2D eigenvalue weighted by Gasteiger charge is -2.39. The Morgan fingerprint density at radius 3 is 1.50 bits per heavy atom. The fourth-order valence-electron chi connectivity index (χ4n) is 1.30. The molecule has 0 rings (SSSR count). The summed E-state index contributed by atoms with van der Waals surface area (Å²) < 4.78 is 83.3. The van der Waals surface area contributed by atoms with Crippen LogP contribution in [0, 0.1) is 5.92 Å². The summed E-state index contributed by atoms with van der Waals surface area (Å²) in [6.45, 7) is 0.491. The van der Waals surface area contributed by atoms with Crippen LogP contribution in [0.15, 0.2) is 0 Å². The van der Waals surface area contributed by atoms with E-state index in [1.807, 2.05) is 0 Å². The summed E-state index contributed by atoms with van der Waals surface area (Å²) in [6.07, 6.45) is -11.1. The third-order valence-electron chi connectivity index (χ3n) is 2.06. The SMILES string of the molecule is COCOC(C(C)C)(C(F)(F)F)C(F)(F)F. The molecule has 0 saturated carbocycles. The largest absolute Gasteiger partial charge is 0.426 e. The molecule has 0 aliphatic rings. The van der Waals surface area contributed by atoms with E-state index in [2.05, 4.69) is 9.47 Å². The molecule has 0 aliphatic heterocycles. The van der Waals surface area contributed by atoms with Crippen molar-refractivity contribution in [2.45, 2.75) is 31.8 Å². The first kappa shape index (κ1) is 15.5. The zero-order chi connectivity index (χ0) is 13.2. The van der Waals surface area contributed by atoms with E-state index in [0.717, 1.165) is 21.0 Å². The van der Waals surface area contributed by atoms with E-state index >= 15 is 0 Å². The van der Waals surface area contributed by atoms with Gasteiger partial charge in [0.15, 0.2) is 0 Å². The quantitative estimate of drug-likeness (QED) is 0.567. The molecule has 0 radical (unpaired) electrons. The van der Waals surface area contributed by atoms with E-state index in [0.29, 0.717) is 0 Å². The second kappa shape index (κ2) is 4.79. The number of methoxy groups -OCH3 is 1. The Morgan fingerprint density at radius 1 is 0.938 bits per heavy atom. The van der Waals surface area contributed by atoms with Gasteiger partial charge in [0.05, 0.1) is 0 Å². The maximum Gasteiger partial charge on any atom is 0.426 e. The molecular weight excluding hydrogens is 242 g/mol. The monoisotopic (exact) mass is 254 g/mol. The second-order valence-electron chi connectivity index (χ2n) is 3.44. The van der Waals surface area contributed by atoms with Crippen molar-refractivity contribution in [3.63, 3.8) is 0 Å². The highest BCUT2D eigenvalue weighted by molar-refractivity contribution is 4.98. The third-order valence-corrected chi connectivity index (χ3v) is 2.06. The molecule has 0 aliphatic carbocycles. The molecule has 0 spiro atoms. The topological polar surface area (TPSA) is 18.5 Å². The minimum atomic E-state index is -5.56. The summed E-state index contributed by atoms with van der Waals surface area (Å²) in [7, 11) is 0.942. The minimum Gasteiger partial charge on any atom is -0.359 e. The van der Waals surface area contributed by atoms with Crippen molar-refractivity contribution < 1.29 is 35.8 Å². The zero-order valence-electron chi connectivity index (χ0n) is 8.87. The summed E-state index contributed by atoms with van der Waals surface area (Å²) in [5, 5.41) is 0. The van der Waals surface area contributed by atoms with Gasteiger partial charge < -0.3 is 9.47 Å². The van der Waals surface area contributed by atoms with Crippen molar-refractivity contribution in [2.75, 3.05) is 13.9 Å². The van der Waals surface area contributed by atoms with Gasteiger partial charge in [0.2, 0.25) is 0 Å². The third kappa shape index (κ3) is 2.60. The van der Waals surface area contributed by atoms with Gasteiger partial charge in [-0.25, -0.2) is 0 Å². The number of hydrogen-bond acceptors (Lipinski definition) is 2. The van der Waals surface area contributed by atoms with E-state index in [4.69, 9.17) is 0 Å². The molecule has 0 amide bonds. The predicted octanol–water partition coefficient (Wildman–Crippen LogP) is 3.13. The lowest BCUT2D eigenvalue weighted by atomic mass is 9.88. The van der Waals surface area contributed by atoms with E-state index < -0.39 is 30.7 Å². The second-order valence-corrected chi connectivity index (χ2v) is 3.44. The van der Waals surface area contributed by atoms with Crippen LogP contribution in [-0.4, -0.2) is 31.9 Å². The average molecular weight is 254 g/mol. The normalized spacial score (nSPS) is 14.6. The maximum absolute atomic E-state index is 12.5. The Morgan fingerprint density at radius 2 is 1.31 bits per heavy atom. The maximum atomic E-state index is 12.5. The first-order valence-electron chi connectivity index (χ1n) is 4.27. The van der Waals surface area contributed by atoms with E-state index in [-0.39, 0.29) is 0 Å². The van der Waals surface area contributed by atoms with Gasteiger partial charge in [0.25, 0.3) is 5.60 Å². The fourth-order valence-corrected chi connectivity index (χ4v) is 1.30. The Balaban J connectivity index is 5.42. The molecule has 0 N–H and O–H groups in total. The highest BCUT2D eigenvalue weighted by Crippen LogP contribution is 2.50. The highest BCUT2D eigenvalue weighted by atomic mass is 19.4. The van der Waals surface area contributed by atoms with Crippen LogP contribution in [-0.2, 0) is 9.47 Å². The van der Waals surface area contributed by atoms with E-state index in [9.17, 15) is 26.3 Å². The molecule has 0 unspecified atom stereocenters. The molecule has 0 aromatic rings. The number of halogens is 6. The lowest BCUT2D eigenvalue weighted by Crippen LogP contribution is -2.62. The molecule has 98 valence electrons. The number of alkyl halides is 6. The average Bonchev–Trinajstić information content (AvgIpc) is 1.99. The molecule has 8 heteroatoms. The number of hydrogen-bond donors (Lipinski definition) is 0. The van der Waals surface area contributed by atoms with Crippen LogP contribution in [0.4, 0.5) is 26.3 Å². The predicted molar refractivity (Wildman–Crippen MR) is 42.6 cm³/mol. The Labute approximate surface area is 88.5 Å². The van der Waals surface area contributed by atoms with Gasteiger partial charge in [-0.1, -0.05) is 13.8 Å². The molecule has 0 aromatic carbocycles. The summed E-state index contributed by atoms with van der Waals surface area (Å²) in [5.74, 6) is -1.82. The van der Waals surface area contributed by atoms with Crippen molar-refractivity contribution in [2.24, 2.45) is 5.92 Å². The summed E-state index contributed by atoms with van der Waals surface area (Å²) >= 11 is 0. The van der Waals surface area contributed by atoms with Crippen molar-refractivity contribution >= 4 is 0 Å². The minimum absolute atomic E-state index is 0.788. The van der Waals surface area contributed by atoms with Crippen LogP contribution in [0.25, 0.3) is 0 Å². The van der Waals surface area contributed by atoms with Crippen LogP contribution >= 0.6 is 0 Å². The van der Waals surface area contributed by atoms with Crippen LogP contribution in [0.3, 0.4) is 0 Å². The molecule has 0 atom stereocenters. The smallest absolute Gasteiger partial charge is 0.359 e. The molecule has 16 heavy (non-hydrogen) atoms. The first-order chi connectivity index (χ1) is 7.00. The van der Waals surface area contributed by atoms with Gasteiger partial charge in [-0.05, 0) is 0 Å². The van der Waals surface area contributed by atoms with Crippen molar-refractivity contribution in [1.29, 1.82) is 0 Å². The van der Waals surface area contributed by atoms with Gasteiger partial charge in [-0.2, -0.15) is 26.3 Å². The Hall–Kier alpha value is -0.500. The Kier molecular flexibility index (Phi) is 4.64. The first-order valence-corrected chi connectivity index (χ1v) is 4.27. The van der Waals surface area contributed by atoms with E-state index in [1.54, 1.807) is 0 Å². The van der Waals surface area contributed by atoms with Gasteiger partial charge in [-0.15, -0.1) is 0 Å². The van der Waals surface area contributed by atoms with Crippen molar-refractivity contribution in [3.05, 3.63) is 0 Å². The lowest BCUT2D eigenvalue weighted by molar-refractivity contribution is -0.405. The Bertz CT molecular complexity index is 206. The summed E-state index contributed by atoms with van der Waals surface area (Å²) in [6, 6.07) is 0. The highest BCUT2D eigenvalue weighted by Gasteiger charge is 2.73. The van der Waals surface area contributed by atoms with Crippen LogP contribution in [0.2, 0.25) is 0 Å². The zero-order valence-corrected chi connectivity index (χ0v) is 8.87. The van der Waals surface area contributed by atoms with Crippen molar-refractivity contribution in [3.8, 4) is 0 Å². The summed E-state index contributed by atoms with van der Waals surface area (Å²) in [4.78, 5) is 0. The number of ether oxygens (including phenoxy) is 2. The molecule has 0 aromatic heterocycles. The van der Waals surface area contributed by atoms with Crippen LogP contribution < -0.4 is 0 Å². The van der Waals surface area contributed by atoms with Gasteiger partial charge in [0.1, 0.15) is 6.79 Å². The molecule has 0 saturated heterocycles. The van der Waals surface area contributed by atoms with Crippen molar-refractivity contribution in [1.82, 2.24) is 0 Å². The number of rotatable bonds is 4. The molecule has 2 nitrogen and oxygen atoms in total. The molecule has 0 bridgehead atoms.